The highest BCUT2D eigenvalue weighted by molar-refractivity contribution is 14.1. The Hall–Kier alpha value is -3.14. The highest BCUT2D eigenvalue weighted by Crippen LogP contribution is 2.54. The molecule has 0 spiro atoms. The van der Waals surface area contributed by atoms with Crippen LogP contribution in [0.25, 0.3) is 0 Å². The minimum absolute atomic E-state index is 0.0914. The fourth-order valence-electron chi connectivity index (χ4n) is 6.85. The second kappa shape index (κ2) is 12.0. The van der Waals surface area contributed by atoms with E-state index in [1.165, 1.54) is 0 Å². The van der Waals surface area contributed by atoms with Crippen LogP contribution in [0.4, 0.5) is 5.69 Å². The van der Waals surface area contributed by atoms with Crippen LogP contribution >= 0.6 is 22.6 Å². The summed E-state index contributed by atoms with van der Waals surface area (Å²) in [5.41, 5.74) is 6.75. The molecule has 0 bridgehead atoms. The van der Waals surface area contributed by atoms with Gasteiger partial charge in [0.15, 0.2) is 29.7 Å². The molecule has 0 saturated carbocycles. The van der Waals surface area contributed by atoms with Gasteiger partial charge in [-0.25, -0.2) is 0 Å². The van der Waals surface area contributed by atoms with Gasteiger partial charge in [0.2, 0.25) is 0 Å². The SMILES string of the molecule is CCOc1cc(C2C3=C(CC(C)(C)CC3=O)N(C)C3=C2C(=O)CC(C)(C)C3)cc(I)c1OCC(=O)Nc1cc(C)ccc1C. The van der Waals surface area contributed by atoms with Crippen molar-refractivity contribution < 1.29 is 23.9 Å². The summed E-state index contributed by atoms with van der Waals surface area (Å²) in [5.74, 6) is 0.395. The van der Waals surface area contributed by atoms with Crippen molar-refractivity contribution in [1.29, 1.82) is 0 Å². The molecule has 0 aromatic heterocycles. The third-order valence-electron chi connectivity index (χ3n) is 8.86. The molecule has 3 aliphatic rings. The molecule has 0 fully saturated rings. The van der Waals surface area contributed by atoms with Crippen LogP contribution in [0, 0.1) is 28.2 Å². The first-order valence-electron chi connectivity index (χ1n) is 15.3. The lowest BCUT2D eigenvalue weighted by Gasteiger charge is -2.48. The highest BCUT2D eigenvalue weighted by Gasteiger charge is 2.48. The molecule has 0 unspecified atom stereocenters. The molecule has 44 heavy (non-hydrogen) atoms. The highest BCUT2D eigenvalue weighted by atomic mass is 127. The number of carbonyl (C=O) groups excluding carboxylic acids is 3. The number of halogens is 1. The van der Waals surface area contributed by atoms with Crippen LogP contribution in [0.3, 0.4) is 0 Å². The smallest absolute Gasteiger partial charge is 0.262 e. The maximum Gasteiger partial charge on any atom is 0.262 e. The first-order chi connectivity index (χ1) is 20.6. The number of rotatable bonds is 7. The Balaban J connectivity index is 1.54. The van der Waals surface area contributed by atoms with Crippen LogP contribution in [0.5, 0.6) is 11.5 Å². The summed E-state index contributed by atoms with van der Waals surface area (Å²) in [6.07, 6.45) is 2.40. The van der Waals surface area contributed by atoms with Crippen LogP contribution in [0.2, 0.25) is 0 Å². The first-order valence-corrected chi connectivity index (χ1v) is 16.4. The van der Waals surface area contributed by atoms with Crippen LogP contribution in [-0.4, -0.2) is 42.6 Å². The number of carbonyl (C=O) groups is 3. The van der Waals surface area contributed by atoms with E-state index in [1.807, 2.05) is 58.2 Å². The van der Waals surface area contributed by atoms with Gasteiger partial charge < -0.3 is 19.7 Å². The zero-order chi connectivity index (χ0) is 32.1. The Morgan fingerprint density at radius 1 is 0.932 bits per heavy atom. The fourth-order valence-corrected chi connectivity index (χ4v) is 7.63. The van der Waals surface area contributed by atoms with Crippen molar-refractivity contribution in [3.63, 3.8) is 0 Å². The molecule has 5 rings (SSSR count). The van der Waals surface area contributed by atoms with E-state index in [0.29, 0.717) is 30.9 Å². The van der Waals surface area contributed by atoms with Crippen LogP contribution in [0.15, 0.2) is 52.9 Å². The second-order valence-electron chi connectivity index (χ2n) is 14.0. The van der Waals surface area contributed by atoms with E-state index in [0.717, 1.165) is 61.3 Å². The average molecular weight is 711 g/mol. The van der Waals surface area contributed by atoms with Gasteiger partial charge in [-0.05, 0) is 102 Å². The van der Waals surface area contributed by atoms with E-state index in [1.54, 1.807) is 0 Å². The summed E-state index contributed by atoms with van der Waals surface area (Å²) < 4.78 is 12.9. The van der Waals surface area contributed by atoms with E-state index in [4.69, 9.17) is 9.47 Å². The number of hydrogen-bond acceptors (Lipinski definition) is 6. The van der Waals surface area contributed by atoms with Gasteiger partial charge in [-0.2, -0.15) is 0 Å². The number of hydrogen-bond donors (Lipinski definition) is 1. The van der Waals surface area contributed by atoms with E-state index < -0.39 is 5.92 Å². The number of aryl methyl sites for hydroxylation is 2. The molecule has 234 valence electrons. The van der Waals surface area contributed by atoms with Gasteiger partial charge in [0.25, 0.3) is 5.91 Å². The van der Waals surface area contributed by atoms with Crippen molar-refractivity contribution in [3.8, 4) is 11.5 Å². The maximum absolute atomic E-state index is 13.9. The number of nitrogens with one attached hydrogen (secondary N) is 1. The zero-order valence-electron chi connectivity index (χ0n) is 27.1. The van der Waals surface area contributed by atoms with Crippen LogP contribution in [-0.2, 0) is 14.4 Å². The van der Waals surface area contributed by atoms with E-state index >= 15 is 0 Å². The van der Waals surface area contributed by atoms with Crippen LogP contribution < -0.4 is 14.8 Å². The minimum atomic E-state index is -0.474. The van der Waals surface area contributed by atoms with Gasteiger partial charge in [0.05, 0.1) is 10.2 Å². The van der Waals surface area contributed by atoms with Gasteiger partial charge in [-0.3, -0.25) is 14.4 Å². The molecule has 1 amide bonds. The predicted octanol–water partition coefficient (Wildman–Crippen LogP) is 7.64. The predicted molar refractivity (Wildman–Crippen MR) is 181 cm³/mol. The minimum Gasteiger partial charge on any atom is -0.490 e. The lowest BCUT2D eigenvalue weighted by molar-refractivity contribution is -0.120. The fraction of sp³-hybridized carbons (Fsp3) is 0.472. The Morgan fingerprint density at radius 2 is 1.52 bits per heavy atom. The average Bonchev–Trinajstić information content (AvgIpc) is 2.90. The number of amides is 1. The summed E-state index contributed by atoms with van der Waals surface area (Å²) in [6, 6.07) is 9.79. The van der Waals surface area contributed by atoms with Crippen LogP contribution in [0.1, 0.15) is 82.9 Å². The molecular weight excluding hydrogens is 667 g/mol. The molecule has 7 nitrogen and oxygen atoms in total. The molecule has 1 aliphatic heterocycles. The molecule has 8 heteroatoms. The monoisotopic (exact) mass is 710 g/mol. The van der Waals surface area contributed by atoms with Gasteiger partial charge in [-0.1, -0.05) is 39.8 Å². The number of ether oxygens (including phenoxy) is 2. The molecule has 1 N–H and O–H groups in total. The Labute approximate surface area is 274 Å². The van der Waals surface area contributed by atoms with E-state index in [9.17, 15) is 14.4 Å². The van der Waals surface area contributed by atoms with Crippen molar-refractivity contribution in [3.05, 3.63) is 73.1 Å². The summed E-state index contributed by atoms with van der Waals surface area (Å²) in [5, 5.41) is 2.95. The summed E-state index contributed by atoms with van der Waals surface area (Å²) in [4.78, 5) is 42.8. The normalized spacial score (nSPS) is 19.5. The third-order valence-corrected chi connectivity index (χ3v) is 9.66. The van der Waals surface area contributed by atoms with Gasteiger partial charge >= 0.3 is 0 Å². The molecule has 1 heterocycles. The molecule has 2 aromatic rings. The Bertz CT molecular complexity index is 1560. The second-order valence-corrected chi connectivity index (χ2v) is 15.2. The summed E-state index contributed by atoms with van der Waals surface area (Å²) >= 11 is 2.20. The van der Waals surface area contributed by atoms with Gasteiger partial charge in [-0.15, -0.1) is 0 Å². The van der Waals surface area contributed by atoms with Crippen molar-refractivity contribution >= 4 is 45.8 Å². The lowest BCUT2D eigenvalue weighted by atomic mass is 9.64. The topological polar surface area (TPSA) is 84.9 Å². The maximum atomic E-state index is 13.9. The van der Waals surface area contributed by atoms with E-state index in [2.05, 4.69) is 60.5 Å². The van der Waals surface area contributed by atoms with Crippen molar-refractivity contribution in [2.75, 3.05) is 25.6 Å². The number of Topliss-reactive ketones (excluding diaryl/α,β-unsaturated/α-hetero) is 2. The quantitative estimate of drug-likeness (QED) is 0.298. The lowest BCUT2D eigenvalue weighted by Crippen LogP contribution is -2.43. The Morgan fingerprint density at radius 3 is 2.09 bits per heavy atom. The number of benzene rings is 2. The third kappa shape index (κ3) is 6.32. The largest absolute Gasteiger partial charge is 0.490 e. The van der Waals surface area contributed by atoms with E-state index in [-0.39, 0.29) is 34.9 Å². The summed E-state index contributed by atoms with van der Waals surface area (Å²) in [7, 11) is 2.01. The first kappa shape index (κ1) is 32.3. The molecular formula is C36H43IN2O5. The molecule has 0 atom stereocenters. The molecule has 2 aromatic carbocycles. The van der Waals surface area contributed by atoms with Gasteiger partial charge in [0.1, 0.15) is 0 Å². The molecule has 2 aliphatic carbocycles. The number of nitrogens with zero attached hydrogens (tertiary/aromatic N) is 1. The molecule has 0 saturated heterocycles. The zero-order valence-corrected chi connectivity index (χ0v) is 29.2. The number of anilines is 1. The molecule has 0 radical (unpaired) electrons. The standard InChI is InChI=1S/C36H43IN2O5/c1-9-43-29-14-22(13-23(37)34(29)44-19-30(42)38-24-12-20(2)10-11-21(24)3)31-32-25(15-35(4,5)17-27(32)40)39(8)26-16-36(6,7)18-28(41)33(26)31/h10-14,31H,9,15-19H2,1-8H3,(H,38,42). The number of ketones is 2. The van der Waals surface area contributed by atoms with Crippen molar-refractivity contribution in [2.24, 2.45) is 10.8 Å². The summed E-state index contributed by atoms with van der Waals surface area (Å²) in [6.45, 7) is 14.6. The Kier molecular flexibility index (Phi) is 8.79. The number of allylic oxidation sites excluding steroid dienone is 4. The van der Waals surface area contributed by atoms with Gasteiger partial charge in [0, 0.05) is 54.0 Å². The van der Waals surface area contributed by atoms with Crippen molar-refractivity contribution in [2.45, 2.75) is 80.1 Å². The van der Waals surface area contributed by atoms with Crippen molar-refractivity contribution in [1.82, 2.24) is 4.90 Å².